The van der Waals surface area contributed by atoms with E-state index in [1.807, 2.05) is 38.1 Å². The molecular formula is C17H20FNOS. The predicted octanol–water partition coefficient (Wildman–Crippen LogP) is 3.59. The number of aryl methyl sites for hydroxylation is 1. The highest BCUT2D eigenvalue weighted by molar-refractivity contribution is 7.85. The summed E-state index contributed by atoms with van der Waals surface area (Å²) in [4.78, 5) is 0.272. The van der Waals surface area contributed by atoms with Crippen molar-refractivity contribution >= 4 is 10.8 Å². The lowest BCUT2D eigenvalue weighted by Gasteiger charge is -2.20. The van der Waals surface area contributed by atoms with Crippen molar-refractivity contribution < 1.29 is 8.60 Å². The van der Waals surface area contributed by atoms with Gasteiger partial charge in [-0.1, -0.05) is 43.3 Å². The Kier molecular flexibility index (Phi) is 5.65. The molecule has 21 heavy (non-hydrogen) atoms. The topological polar surface area (TPSA) is 29.1 Å². The van der Waals surface area contributed by atoms with E-state index in [-0.39, 0.29) is 10.9 Å². The number of halogens is 1. The highest BCUT2D eigenvalue weighted by atomic mass is 32.2. The van der Waals surface area contributed by atoms with Gasteiger partial charge in [0.25, 0.3) is 0 Å². The molecule has 2 aromatic carbocycles. The smallest absolute Gasteiger partial charge is 0.139 e. The zero-order valence-electron chi connectivity index (χ0n) is 12.3. The SMILES string of the molecule is CCNC(CS(=O)c1ccccc1F)c1ccccc1C. The van der Waals surface area contributed by atoms with Crippen molar-refractivity contribution in [2.45, 2.75) is 24.8 Å². The molecular weight excluding hydrogens is 285 g/mol. The highest BCUT2D eigenvalue weighted by Gasteiger charge is 2.18. The van der Waals surface area contributed by atoms with Gasteiger partial charge in [0.1, 0.15) is 5.82 Å². The minimum absolute atomic E-state index is 0.0448. The second kappa shape index (κ2) is 7.48. The molecule has 0 saturated carbocycles. The molecule has 0 aliphatic rings. The van der Waals surface area contributed by atoms with Crippen LogP contribution in [0.3, 0.4) is 0 Å². The molecule has 2 aromatic rings. The number of hydrogen-bond acceptors (Lipinski definition) is 2. The molecule has 4 heteroatoms. The Morgan fingerprint density at radius 2 is 1.81 bits per heavy atom. The first kappa shape index (κ1) is 15.9. The summed E-state index contributed by atoms with van der Waals surface area (Å²) >= 11 is 0. The molecule has 0 fully saturated rings. The van der Waals surface area contributed by atoms with E-state index in [9.17, 15) is 8.60 Å². The van der Waals surface area contributed by atoms with E-state index in [2.05, 4.69) is 5.32 Å². The van der Waals surface area contributed by atoms with Crippen LogP contribution >= 0.6 is 0 Å². The number of benzene rings is 2. The number of rotatable bonds is 6. The van der Waals surface area contributed by atoms with Crippen LogP contribution in [0.5, 0.6) is 0 Å². The van der Waals surface area contributed by atoms with Crippen LogP contribution in [0.25, 0.3) is 0 Å². The maximum Gasteiger partial charge on any atom is 0.139 e. The van der Waals surface area contributed by atoms with Crippen LogP contribution in [-0.4, -0.2) is 16.5 Å². The molecule has 0 aromatic heterocycles. The highest BCUT2D eigenvalue weighted by Crippen LogP contribution is 2.21. The molecule has 0 heterocycles. The Hall–Kier alpha value is -1.52. The van der Waals surface area contributed by atoms with Crippen molar-refractivity contribution in [1.29, 1.82) is 0 Å². The third-order valence-electron chi connectivity index (χ3n) is 3.41. The van der Waals surface area contributed by atoms with Crippen LogP contribution in [0.1, 0.15) is 24.1 Å². The first-order chi connectivity index (χ1) is 10.1. The van der Waals surface area contributed by atoms with E-state index < -0.39 is 16.6 Å². The van der Waals surface area contributed by atoms with Crippen molar-refractivity contribution in [3.63, 3.8) is 0 Å². The molecule has 0 amide bonds. The predicted molar refractivity (Wildman–Crippen MR) is 85.3 cm³/mol. The quantitative estimate of drug-likeness (QED) is 0.883. The van der Waals surface area contributed by atoms with Crippen LogP contribution in [0.15, 0.2) is 53.4 Å². The summed E-state index contributed by atoms with van der Waals surface area (Å²) in [5.74, 6) is -0.0459. The maximum absolute atomic E-state index is 13.7. The summed E-state index contributed by atoms with van der Waals surface area (Å²) in [6, 6.07) is 14.2. The molecule has 1 N–H and O–H groups in total. The molecule has 2 unspecified atom stereocenters. The van der Waals surface area contributed by atoms with Gasteiger partial charge in [-0.25, -0.2) is 4.39 Å². The van der Waals surface area contributed by atoms with Gasteiger partial charge in [-0.3, -0.25) is 4.21 Å². The lowest BCUT2D eigenvalue weighted by atomic mass is 10.0. The van der Waals surface area contributed by atoms with E-state index in [4.69, 9.17) is 0 Å². The van der Waals surface area contributed by atoms with E-state index in [1.165, 1.54) is 6.07 Å². The van der Waals surface area contributed by atoms with Crippen LogP contribution in [-0.2, 0) is 10.8 Å². The van der Waals surface area contributed by atoms with Gasteiger partial charge >= 0.3 is 0 Å². The van der Waals surface area contributed by atoms with E-state index in [1.54, 1.807) is 18.2 Å². The van der Waals surface area contributed by atoms with Gasteiger partial charge < -0.3 is 5.32 Å². The van der Waals surface area contributed by atoms with Gasteiger partial charge in [0.05, 0.1) is 15.7 Å². The lowest BCUT2D eigenvalue weighted by Crippen LogP contribution is -2.27. The van der Waals surface area contributed by atoms with Crippen LogP contribution in [0.4, 0.5) is 4.39 Å². The number of hydrogen-bond donors (Lipinski definition) is 1. The minimum atomic E-state index is -1.37. The van der Waals surface area contributed by atoms with Crippen molar-refractivity contribution in [3.8, 4) is 0 Å². The van der Waals surface area contributed by atoms with Gasteiger partial charge in [-0.05, 0) is 36.7 Å². The molecule has 0 aliphatic carbocycles. The molecule has 0 saturated heterocycles. The Balaban J connectivity index is 2.23. The molecule has 2 nitrogen and oxygen atoms in total. The fourth-order valence-corrected chi connectivity index (χ4v) is 3.65. The van der Waals surface area contributed by atoms with E-state index in [0.29, 0.717) is 5.75 Å². The standard InChI is InChI=1S/C17H20FNOS/c1-3-19-16(14-9-5-4-8-13(14)2)12-21(20)17-11-7-6-10-15(17)18/h4-11,16,19H,3,12H2,1-2H3. The molecule has 0 radical (unpaired) electrons. The first-order valence-corrected chi connectivity index (χ1v) is 8.37. The van der Waals surface area contributed by atoms with Gasteiger partial charge in [0, 0.05) is 11.8 Å². The summed E-state index contributed by atoms with van der Waals surface area (Å²) < 4.78 is 26.2. The Morgan fingerprint density at radius 3 is 2.48 bits per heavy atom. The lowest BCUT2D eigenvalue weighted by molar-refractivity contribution is 0.580. The maximum atomic E-state index is 13.7. The molecule has 2 rings (SSSR count). The Morgan fingerprint density at radius 1 is 1.14 bits per heavy atom. The van der Waals surface area contributed by atoms with Gasteiger partial charge in [-0.15, -0.1) is 0 Å². The zero-order valence-corrected chi connectivity index (χ0v) is 13.1. The number of nitrogens with one attached hydrogen (secondary N) is 1. The van der Waals surface area contributed by atoms with Crippen molar-refractivity contribution in [1.82, 2.24) is 5.32 Å². The fourth-order valence-electron chi connectivity index (χ4n) is 2.35. The van der Waals surface area contributed by atoms with Crippen LogP contribution < -0.4 is 5.32 Å². The average Bonchev–Trinajstić information content (AvgIpc) is 2.47. The van der Waals surface area contributed by atoms with E-state index in [0.717, 1.165) is 17.7 Å². The van der Waals surface area contributed by atoms with Gasteiger partial charge in [0.2, 0.25) is 0 Å². The molecule has 0 spiro atoms. The van der Waals surface area contributed by atoms with Crippen molar-refractivity contribution in [2.24, 2.45) is 0 Å². The molecule has 0 aliphatic heterocycles. The molecule has 0 bridgehead atoms. The monoisotopic (exact) mass is 305 g/mol. The average molecular weight is 305 g/mol. The van der Waals surface area contributed by atoms with Crippen LogP contribution in [0, 0.1) is 12.7 Å². The Bertz CT molecular complexity index is 630. The third kappa shape index (κ3) is 3.99. The Labute approximate surface area is 127 Å². The fraction of sp³-hybridized carbons (Fsp3) is 0.294. The normalized spacial score (nSPS) is 13.9. The van der Waals surface area contributed by atoms with Gasteiger partial charge in [-0.2, -0.15) is 0 Å². The largest absolute Gasteiger partial charge is 0.309 e. The van der Waals surface area contributed by atoms with Gasteiger partial charge in [0.15, 0.2) is 0 Å². The second-order valence-corrected chi connectivity index (χ2v) is 6.37. The summed E-state index contributed by atoms with van der Waals surface area (Å²) in [6.45, 7) is 4.82. The molecule has 112 valence electrons. The zero-order chi connectivity index (χ0) is 15.2. The first-order valence-electron chi connectivity index (χ1n) is 7.05. The summed E-state index contributed by atoms with van der Waals surface area (Å²) in [6.07, 6.45) is 0. The minimum Gasteiger partial charge on any atom is -0.309 e. The summed E-state index contributed by atoms with van der Waals surface area (Å²) in [5, 5.41) is 3.34. The molecule has 2 atom stereocenters. The second-order valence-electron chi connectivity index (χ2n) is 4.91. The van der Waals surface area contributed by atoms with Crippen LogP contribution in [0.2, 0.25) is 0 Å². The third-order valence-corrected chi connectivity index (χ3v) is 4.87. The van der Waals surface area contributed by atoms with E-state index >= 15 is 0 Å². The summed E-state index contributed by atoms with van der Waals surface area (Å²) in [5.41, 5.74) is 2.26. The van der Waals surface area contributed by atoms with Crippen molar-refractivity contribution in [3.05, 3.63) is 65.5 Å². The summed E-state index contributed by atoms with van der Waals surface area (Å²) in [7, 11) is -1.37. The van der Waals surface area contributed by atoms with Crippen molar-refractivity contribution in [2.75, 3.05) is 12.3 Å².